The summed E-state index contributed by atoms with van der Waals surface area (Å²) in [6.45, 7) is 5.74. The highest BCUT2D eigenvalue weighted by molar-refractivity contribution is 6.00. The van der Waals surface area contributed by atoms with E-state index in [-0.39, 0.29) is 24.9 Å². The molecule has 8 heteroatoms. The molecule has 0 aliphatic heterocycles. The number of amides is 2. The predicted octanol–water partition coefficient (Wildman–Crippen LogP) is 4.19. The van der Waals surface area contributed by atoms with Gasteiger partial charge in [0, 0.05) is 12.2 Å². The normalized spacial score (nSPS) is 11.3. The van der Waals surface area contributed by atoms with Crippen molar-refractivity contribution in [1.29, 1.82) is 0 Å². The number of benzene rings is 3. The van der Waals surface area contributed by atoms with E-state index in [2.05, 4.69) is 15.6 Å². The number of ether oxygens (including phenoxy) is 1. The Bertz CT molecular complexity index is 1340. The molecule has 4 rings (SSSR count). The maximum absolute atomic E-state index is 13.7. The molecule has 1 N–H and O–H groups in total. The Morgan fingerprint density at radius 3 is 2.40 bits per heavy atom. The SMILES string of the molecule is COc1ccc(NC(=O)C(C)(C)N(Cc2ccccc2C)C(=O)Cn2nnc3ccccc32)cc1. The van der Waals surface area contributed by atoms with Crippen molar-refractivity contribution < 1.29 is 14.3 Å². The molecular weight excluding hydrogens is 442 g/mol. The van der Waals surface area contributed by atoms with Crippen LogP contribution in [0, 0.1) is 6.92 Å². The molecule has 1 heterocycles. The van der Waals surface area contributed by atoms with Crippen LogP contribution in [0.2, 0.25) is 0 Å². The number of aryl methyl sites for hydroxylation is 1. The van der Waals surface area contributed by atoms with Crippen molar-refractivity contribution in [2.75, 3.05) is 12.4 Å². The van der Waals surface area contributed by atoms with Crippen LogP contribution in [0.1, 0.15) is 25.0 Å². The lowest BCUT2D eigenvalue weighted by atomic mass is 9.98. The van der Waals surface area contributed by atoms with Gasteiger partial charge in [-0.25, -0.2) is 4.68 Å². The predicted molar refractivity (Wildman–Crippen MR) is 135 cm³/mol. The van der Waals surface area contributed by atoms with E-state index in [4.69, 9.17) is 4.74 Å². The number of anilines is 1. The van der Waals surface area contributed by atoms with E-state index in [1.807, 2.05) is 55.5 Å². The van der Waals surface area contributed by atoms with Gasteiger partial charge in [0.15, 0.2) is 0 Å². The first kappa shape index (κ1) is 23.9. The van der Waals surface area contributed by atoms with Gasteiger partial charge in [-0.2, -0.15) is 0 Å². The van der Waals surface area contributed by atoms with Gasteiger partial charge in [0.05, 0.1) is 12.6 Å². The third-order valence-electron chi connectivity index (χ3n) is 6.17. The molecule has 35 heavy (non-hydrogen) atoms. The fourth-order valence-electron chi connectivity index (χ4n) is 3.88. The van der Waals surface area contributed by atoms with Crippen molar-refractivity contribution in [2.24, 2.45) is 0 Å². The zero-order valence-corrected chi connectivity index (χ0v) is 20.4. The molecule has 3 aromatic carbocycles. The van der Waals surface area contributed by atoms with Crippen LogP contribution in [0.15, 0.2) is 72.8 Å². The molecule has 0 fully saturated rings. The summed E-state index contributed by atoms with van der Waals surface area (Å²) in [5, 5.41) is 11.2. The summed E-state index contributed by atoms with van der Waals surface area (Å²) in [4.78, 5) is 28.8. The molecule has 0 radical (unpaired) electrons. The van der Waals surface area contributed by atoms with E-state index in [9.17, 15) is 9.59 Å². The van der Waals surface area contributed by atoms with E-state index in [0.717, 1.165) is 16.6 Å². The van der Waals surface area contributed by atoms with Crippen LogP contribution in [0.5, 0.6) is 5.75 Å². The van der Waals surface area contributed by atoms with E-state index in [1.165, 1.54) is 0 Å². The standard InChI is InChI=1S/C27H29N5O3/c1-19-9-5-6-10-20(19)17-31(25(33)18-32-24-12-8-7-11-23(24)29-30-32)27(2,3)26(34)28-21-13-15-22(35-4)16-14-21/h5-16H,17-18H2,1-4H3,(H,28,34). The number of hydrogen-bond acceptors (Lipinski definition) is 5. The van der Waals surface area contributed by atoms with Crippen LogP contribution in [-0.4, -0.2) is 44.4 Å². The van der Waals surface area contributed by atoms with Gasteiger partial charge in [0.1, 0.15) is 23.3 Å². The molecule has 0 aliphatic carbocycles. The number of nitrogens with one attached hydrogen (secondary N) is 1. The minimum atomic E-state index is -1.16. The number of aromatic nitrogens is 3. The maximum atomic E-state index is 13.7. The first-order valence-electron chi connectivity index (χ1n) is 11.4. The van der Waals surface area contributed by atoms with E-state index in [1.54, 1.807) is 54.8 Å². The second kappa shape index (κ2) is 9.97. The highest BCUT2D eigenvalue weighted by atomic mass is 16.5. The maximum Gasteiger partial charge on any atom is 0.249 e. The van der Waals surface area contributed by atoms with E-state index >= 15 is 0 Å². The molecule has 0 unspecified atom stereocenters. The molecule has 0 atom stereocenters. The Hall–Kier alpha value is -4.20. The average molecular weight is 472 g/mol. The van der Waals surface area contributed by atoms with Gasteiger partial charge < -0.3 is 15.0 Å². The summed E-state index contributed by atoms with van der Waals surface area (Å²) in [5.41, 5.74) is 2.95. The van der Waals surface area contributed by atoms with Crippen molar-refractivity contribution >= 4 is 28.5 Å². The molecule has 1 aromatic heterocycles. The van der Waals surface area contributed by atoms with Gasteiger partial charge in [-0.15, -0.1) is 5.10 Å². The van der Waals surface area contributed by atoms with Gasteiger partial charge in [0.2, 0.25) is 11.8 Å². The van der Waals surface area contributed by atoms with Crippen LogP contribution in [0.3, 0.4) is 0 Å². The summed E-state index contributed by atoms with van der Waals surface area (Å²) in [5.74, 6) is 0.158. The Morgan fingerprint density at radius 1 is 1.00 bits per heavy atom. The highest BCUT2D eigenvalue weighted by Crippen LogP contribution is 2.24. The monoisotopic (exact) mass is 471 g/mol. The second-order valence-electron chi connectivity index (χ2n) is 8.88. The molecule has 0 bridgehead atoms. The van der Waals surface area contributed by atoms with Crippen LogP contribution >= 0.6 is 0 Å². The molecule has 8 nitrogen and oxygen atoms in total. The number of nitrogens with zero attached hydrogens (tertiary/aromatic N) is 4. The van der Waals surface area contributed by atoms with E-state index < -0.39 is 5.54 Å². The summed E-state index contributed by atoms with van der Waals surface area (Å²) < 4.78 is 6.76. The van der Waals surface area contributed by atoms with Crippen LogP contribution in [-0.2, 0) is 22.7 Å². The summed E-state index contributed by atoms with van der Waals surface area (Å²) in [6.07, 6.45) is 0. The number of para-hydroxylation sites is 1. The average Bonchev–Trinajstić information content (AvgIpc) is 3.26. The molecular formula is C27H29N5O3. The zero-order chi connectivity index (χ0) is 25.0. The first-order chi connectivity index (χ1) is 16.8. The minimum Gasteiger partial charge on any atom is -0.497 e. The number of methoxy groups -OCH3 is 1. The lowest BCUT2D eigenvalue weighted by Crippen LogP contribution is -2.55. The fraction of sp³-hybridized carbons (Fsp3) is 0.259. The summed E-state index contributed by atoms with van der Waals surface area (Å²) in [6, 6.07) is 22.4. The van der Waals surface area contributed by atoms with Crippen LogP contribution in [0.4, 0.5) is 5.69 Å². The van der Waals surface area contributed by atoms with Gasteiger partial charge in [-0.3, -0.25) is 9.59 Å². The Balaban J connectivity index is 1.63. The van der Waals surface area contributed by atoms with Gasteiger partial charge in [0.25, 0.3) is 0 Å². The summed E-state index contributed by atoms with van der Waals surface area (Å²) >= 11 is 0. The topological polar surface area (TPSA) is 89.4 Å². The minimum absolute atomic E-state index is 0.0361. The lowest BCUT2D eigenvalue weighted by molar-refractivity contribution is -0.145. The van der Waals surface area contributed by atoms with Crippen LogP contribution in [0.25, 0.3) is 11.0 Å². The molecule has 0 saturated carbocycles. The van der Waals surface area contributed by atoms with Crippen LogP contribution < -0.4 is 10.1 Å². The smallest absolute Gasteiger partial charge is 0.249 e. The van der Waals surface area contributed by atoms with Gasteiger partial charge in [-0.05, 0) is 68.3 Å². The summed E-state index contributed by atoms with van der Waals surface area (Å²) in [7, 11) is 1.59. The van der Waals surface area contributed by atoms with Crippen molar-refractivity contribution in [3.63, 3.8) is 0 Å². The Morgan fingerprint density at radius 2 is 1.69 bits per heavy atom. The van der Waals surface area contributed by atoms with Crippen molar-refractivity contribution in [2.45, 2.75) is 39.4 Å². The zero-order valence-electron chi connectivity index (χ0n) is 20.4. The molecule has 0 aliphatic rings. The number of rotatable bonds is 8. The number of hydrogen-bond donors (Lipinski definition) is 1. The molecule has 180 valence electrons. The highest BCUT2D eigenvalue weighted by Gasteiger charge is 2.38. The lowest BCUT2D eigenvalue weighted by Gasteiger charge is -2.37. The fourth-order valence-corrected chi connectivity index (χ4v) is 3.88. The van der Waals surface area contributed by atoms with Crippen molar-refractivity contribution in [3.05, 3.63) is 83.9 Å². The quantitative estimate of drug-likeness (QED) is 0.416. The van der Waals surface area contributed by atoms with Gasteiger partial charge >= 0.3 is 0 Å². The van der Waals surface area contributed by atoms with Gasteiger partial charge in [-0.1, -0.05) is 41.6 Å². The largest absolute Gasteiger partial charge is 0.497 e. The van der Waals surface area contributed by atoms with Crippen molar-refractivity contribution in [1.82, 2.24) is 19.9 Å². The van der Waals surface area contributed by atoms with Crippen molar-refractivity contribution in [3.8, 4) is 5.75 Å². The Kier molecular flexibility index (Phi) is 6.82. The van der Waals surface area contributed by atoms with E-state index in [0.29, 0.717) is 17.0 Å². The molecule has 0 spiro atoms. The first-order valence-corrected chi connectivity index (χ1v) is 11.4. The number of carbonyl (C=O) groups excluding carboxylic acids is 2. The Labute approximate surface area is 204 Å². The second-order valence-corrected chi connectivity index (χ2v) is 8.88. The third kappa shape index (κ3) is 5.16. The number of carbonyl (C=O) groups is 2. The molecule has 2 amide bonds. The third-order valence-corrected chi connectivity index (χ3v) is 6.17. The number of fused-ring (bicyclic) bond motifs is 1. The molecule has 4 aromatic rings. The molecule has 0 saturated heterocycles.